The molecule has 0 spiro atoms. The molecular weight excluding hydrogens is 425 g/mol. The van der Waals surface area contributed by atoms with Crippen LogP contribution in [0.1, 0.15) is 21.5 Å². The number of aromatic nitrogens is 1. The molecule has 3 aromatic carbocycles. The van der Waals surface area contributed by atoms with Crippen molar-refractivity contribution in [1.82, 2.24) is 4.57 Å². The van der Waals surface area contributed by atoms with Gasteiger partial charge in [-0.1, -0.05) is 12.1 Å². The molecule has 0 fully saturated rings. The van der Waals surface area contributed by atoms with E-state index in [0.717, 1.165) is 0 Å². The Labute approximate surface area is 189 Å². The minimum atomic E-state index is -0.428. The van der Waals surface area contributed by atoms with E-state index in [4.69, 9.17) is 14.2 Å². The molecule has 0 unspecified atom stereocenters. The molecule has 0 aliphatic carbocycles. The van der Waals surface area contributed by atoms with Gasteiger partial charge in [0.05, 0.1) is 37.8 Å². The molecule has 0 amide bonds. The molecule has 6 nitrogen and oxygen atoms in total. The van der Waals surface area contributed by atoms with E-state index in [1.165, 1.54) is 39.7 Å². The van der Waals surface area contributed by atoms with Gasteiger partial charge in [-0.15, -0.1) is 0 Å². The van der Waals surface area contributed by atoms with Crippen LogP contribution in [0.5, 0.6) is 17.2 Å². The highest BCUT2D eigenvalue weighted by atomic mass is 19.1. The molecule has 4 aromatic rings. The van der Waals surface area contributed by atoms with Crippen molar-refractivity contribution in [3.8, 4) is 17.2 Å². The molecular formula is C26H22FNO5. The second-order valence-electron chi connectivity index (χ2n) is 7.41. The Kier molecular flexibility index (Phi) is 6.13. The molecule has 0 saturated heterocycles. The van der Waals surface area contributed by atoms with Gasteiger partial charge in [-0.2, -0.15) is 0 Å². The van der Waals surface area contributed by atoms with Gasteiger partial charge < -0.3 is 18.8 Å². The number of ketones is 1. The topological polar surface area (TPSA) is 66.8 Å². The van der Waals surface area contributed by atoms with E-state index in [0.29, 0.717) is 39.3 Å². The number of benzene rings is 3. The van der Waals surface area contributed by atoms with Crippen LogP contribution in [0, 0.1) is 5.82 Å². The van der Waals surface area contributed by atoms with E-state index in [1.807, 2.05) is 0 Å². The summed E-state index contributed by atoms with van der Waals surface area (Å²) in [6, 6.07) is 15.9. The van der Waals surface area contributed by atoms with E-state index < -0.39 is 11.2 Å². The first-order chi connectivity index (χ1) is 15.9. The van der Waals surface area contributed by atoms with Crippen molar-refractivity contribution in [3.63, 3.8) is 0 Å². The van der Waals surface area contributed by atoms with Crippen LogP contribution >= 0.6 is 0 Å². The second kappa shape index (κ2) is 9.16. The third-order valence-corrected chi connectivity index (χ3v) is 5.42. The van der Waals surface area contributed by atoms with Gasteiger partial charge >= 0.3 is 0 Å². The summed E-state index contributed by atoms with van der Waals surface area (Å²) < 4.78 is 31.4. The Morgan fingerprint density at radius 1 is 0.909 bits per heavy atom. The van der Waals surface area contributed by atoms with Gasteiger partial charge in [0.1, 0.15) is 11.6 Å². The first-order valence-electron chi connectivity index (χ1n) is 10.2. The third kappa shape index (κ3) is 4.30. The minimum Gasteiger partial charge on any atom is -0.497 e. The number of fused-ring (bicyclic) bond motifs is 1. The Morgan fingerprint density at radius 3 is 2.24 bits per heavy atom. The molecule has 0 bridgehead atoms. The van der Waals surface area contributed by atoms with E-state index in [9.17, 15) is 14.0 Å². The van der Waals surface area contributed by atoms with Gasteiger partial charge in [0.15, 0.2) is 17.3 Å². The number of ether oxygens (including phenoxy) is 3. The SMILES string of the molecule is COc1ccc(C(=O)c2cn(Cc3cccc(F)c3)c3cc(OC)c(OC)cc3c2=O)cc1. The zero-order chi connectivity index (χ0) is 23.5. The Morgan fingerprint density at radius 2 is 1.61 bits per heavy atom. The Hall–Kier alpha value is -4.13. The van der Waals surface area contributed by atoms with E-state index in [1.54, 1.807) is 53.1 Å². The lowest BCUT2D eigenvalue weighted by Crippen LogP contribution is -2.20. The van der Waals surface area contributed by atoms with Gasteiger partial charge in [0.2, 0.25) is 5.43 Å². The summed E-state index contributed by atoms with van der Waals surface area (Å²) in [5.74, 6) is 0.615. The van der Waals surface area contributed by atoms with Crippen LogP contribution in [0.4, 0.5) is 4.39 Å². The average Bonchev–Trinajstić information content (AvgIpc) is 2.84. The number of hydrogen-bond donors (Lipinski definition) is 0. The average molecular weight is 447 g/mol. The lowest BCUT2D eigenvalue weighted by Gasteiger charge is -2.16. The maximum absolute atomic E-state index is 13.8. The van der Waals surface area contributed by atoms with E-state index >= 15 is 0 Å². The van der Waals surface area contributed by atoms with E-state index in [-0.39, 0.29) is 17.9 Å². The summed E-state index contributed by atoms with van der Waals surface area (Å²) in [4.78, 5) is 26.7. The van der Waals surface area contributed by atoms with Crippen molar-refractivity contribution in [2.45, 2.75) is 6.54 Å². The lowest BCUT2D eigenvalue weighted by atomic mass is 10.0. The maximum Gasteiger partial charge on any atom is 0.200 e. The Balaban J connectivity index is 1.93. The van der Waals surface area contributed by atoms with Gasteiger partial charge in [-0.25, -0.2) is 4.39 Å². The van der Waals surface area contributed by atoms with Crippen molar-refractivity contribution >= 4 is 16.7 Å². The molecule has 1 heterocycles. The highest BCUT2D eigenvalue weighted by Gasteiger charge is 2.20. The van der Waals surface area contributed by atoms with Crippen LogP contribution in [-0.2, 0) is 6.54 Å². The molecule has 0 radical (unpaired) electrons. The molecule has 168 valence electrons. The third-order valence-electron chi connectivity index (χ3n) is 5.42. The summed E-state index contributed by atoms with van der Waals surface area (Å²) in [6.07, 6.45) is 1.51. The summed E-state index contributed by atoms with van der Waals surface area (Å²) in [5.41, 5.74) is 1.13. The standard InChI is InChI=1S/C26H22FNO5/c1-31-19-9-7-17(8-10-19)25(29)21-15-28(14-16-5-4-6-18(27)11-16)22-13-24(33-3)23(32-2)12-20(22)26(21)30/h4-13,15H,14H2,1-3H3. The normalized spacial score (nSPS) is 10.8. The Bertz CT molecular complexity index is 1390. The van der Waals surface area contributed by atoms with Crippen LogP contribution in [0.3, 0.4) is 0 Å². The van der Waals surface area contributed by atoms with Gasteiger partial charge in [0, 0.05) is 24.4 Å². The highest BCUT2D eigenvalue weighted by molar-refractivity contribution is 6.10. The minimum absolute atomic E-state index is 0.00344. The molecule has 33 heavy (non-hydrogen) atoms. The highest BCUT2D eigenvalue weighted by Crippen LogP contribution is 2.31. The summed E-state index contributed by atoms with van der Waals surface area (Å²) in [6.45, 7) is 0.243. The summed E-state index contributed by atoms with van der Waals surface area (Å²) in [7, 11) is 4.51. The molecule has 4 rings (SSSR count). The smallest absolute Gasteiger partial charge is 0.200 e. The maximum atomic E-state index is 13.8. The number of carbonyl (C=O) groups is 1. The number of rotatable bonds is 7. The van der Waals surface area contributed by atoms with Gasteiger partial charge in [-0.3, -0.25) is 9.59 Å². The van der Waals surface area contributed by atoms with Crippen molar-refractivity contribution in [2.75, 3.05) is 21.3 Å². The van der Waals surface area contributed by atoms with Crippen molar-refractivity contribution in [2.24, 2.45) is 0 Å². The fraction of sp³-hybridized carbons (Fsp3) is 0.154. The number of nitrogens with zero attached hydrogens (tertiary/aromatic N) is 1. The quantitative estimate of drug-likeness (QED) is 0.392. The number of hydrogen-bond acceptors (Lipinski definition) is 5. The molecule has 0 atom stereocenters. The van der Waals surface area contributed by atoms with Crippen LogP contribution in [0.15, 0.2) is 71.7 Å². The lowest BCUT2D eigenvalue weighted by molar-refractivity contribution is 0.103. The molecule has 1 aromatic heterocycles. The van der Waals surface area contributed by atoms with E-state index in [2.05, 4.69) is 0 Å². The van der Waals surface area contributed by atoms with Gasteiger partial charge in [-0.05, 0) is 48.0 Å². The van der Waals surface area contributed by atoms with Crippen LogP contribution in [0.25, 0.3) is 10.9 Å². The number of methoxy groups -OCH3 is 3. The zero-order valence-electron chi connectivity index (χ0n) is 18.4. The first-order valence-corrected chi connectivity index (χ1v) is 10.2. The fourth-order valence-corrected chi connectivity index (χ4v) is 3.74. The molecule has 0 aliphatic heterocycles. The largest absolute Gasteiger partial charge is 0.497 e. The van der Waals surface area contributed by atoms with Crippen LogP contribution in [0.2, 0.25) is 0 Å². The monoisotopic (exact) mass is 447 g/mol. The van der Waals surface area contributed by atoms with Crippen molar-refractivity contribution < 1.29 is 23.4 Å². The molecule has 0 aliphatic rings. The van der Waals surface area contributed by atoms with Crippen molar-refractivity contribution in [3.05, 3.63) is 99.6 Å². The van der Waals surface area contributed by atoms with Crippen LogP contribution < -0.4 is 19.6 Å². The van der Waals surface area contributed by atoms with Crippen molar-refractivity contribution in [1.29, 1.82) is 0 Å². The molecule has 0 N–H and O–H groups in total. The van der Waals surface area contributed by atoms with Crippen LogP contribution in [-0.4, -0.2) is 31.7 Å². The number of pyridine rings is 1. The predicted octanol–water partition coefficient (Wildman–Crippen LogP) is 4.45. The number of halogens is 1. The molecule has 7 heteroatoms. The predicted molar refractivity (Wildman–Crippen MR) is 123 cm³/mol. The summed E-state index contributed by atoms with van der Waals surface area (Å²) >= 11 is 0. The number of carbonyl (C=O) groups excluding carboxylic acids is 1. The zero-order valence-corrected chi connectivity index (χ0v) is 18.4. The van der Waals surface area contributed by atoms with Gasteiger partial charge in [0.25, 0.3) is 0 Å². The molecule has 0 saturated carbocycles. The fourth-order valence-electron chi connectivity index (χ4n) is 3.74. The summed E-state index contributed by atoms with van der Waals surface area (Å²) in [5, 5.41) is 0.295. The first kappa shape index (κ1) is 22.1. The second-order valence-corrected chi connectivity index (χ2v) is 7.41.